The maximum Gasteiger partial charge on any atom is 0.246 e. The summed E-state index contributed by atoms with van der Waals surface area (Å²) in [6, 6.07) is 28.0. The molecular weight excluding hydrogens is 322 g/mol. The van der Waals surface area contributed by atoms with Gasteiger partial charge in [0.05, 0.1) is 6.04 Å². The number of nitrogens with zero attached hydrogens (tertiary/aromatic N) is 2. The van der Waals surface area contributed by atoms with Gasteiger partial charge in [0.25, 0.3) is 0 Å². The van der Waals surface area contributed by atoms with Gasteiger partial charge in [-0.1, -0.05) is 66.7 Å². The van der Waals surface area contributed by atoms with Crippen molar-refractivity contribution in [3.63, 3.8) is 0 Å². The third-order valence-corrected chi connectivity index (χ3v) is 4.26. The molecule has 0 aliphatic heterocycles. The minimum absolute atomic E-state index is 0.120. The minimum atomic E-state index is 0.120. The van der Waals surface area contributed by atoms with Gasteiger partial charge in [-0.3, -0.25) is 0 Å². The summed E-state index contributed by atoms with van der Waals surface area (Å²) in [6.07, 6.45) is 0. The molecule has 4 rings (SSSR count). The number of benzene rings is 3. The Labute approximate surface area is 152 Å². The number of rotatable bonds is 5. The van der Waals surface area contributed by atoms with Gasteiger partial charge in [-0.2, -0.15) is 0 Å². The van der Waals surface area contributed by atoms with E-state index in [1.54, 1.807) is 0 Å². The normalized spacial score (nSPS) is 11.9. The maximum atomic E-state index is 5.93. The van der Waals surface area contributed by atoms with Crippen molar-refractivity contribution in [1.29, 1.82) is 0 Å². The lowest BCUT2D eigenvalue weighted by Gasteiger charge is -2.17. The highest BCUT2D eigenvalue weighted by Crippen LogP contribution is 2.31. The SMILES string of the molecule is CC(Nc1nnc(Oc2ccccc2)c2ccccc12)c1ccccc1. The lowest BCUT2D eigenvalue weighted by atomic mass is 10.1. The molecule has 0 amide bonds. The first-order valence-corrected chi connectivity index (χ1v) is 8.61. The lowest BCUT2D eigenvalue weighted by Crippen LogP contribution is -2.09. The van der Waals surface area contributed by atoms with Crippen LogP contribution >= 0.6 is 0 Å². The topological polar surface area (TPSA) is 47.0 Å². The maximum absolute atomic E-state index is 5.93. The second kappa shape index (κ2) is 7.23. The monoisotopic (exact) mass is 341 g/mol. The van der Waals surface area contributed by atoms with Crippen molar-refractivity contribution in [2.75, 3.05) is 5.32 Å². The van der Waals surface area contributed by atoms with Crippen LogP contribution in [0.2, 0.25) is 0 Å². The van der Waals surface area contributed by atoms with Gasteiger partial charge in [0, 0.05) is 10.8 Å². The number of hydrogen-bond donors (Lipinski definition) is 1. The van der Waals surface area contributed by atoms with Crippen molar-refractivity contribution in [3.8, 4) is 11.6 Å². The summed E-state index contributed by atoms with van der Waals surface area (Å²) in [7, 11) is 0. The van der Waals surface area contributed by atoms with Crippen LogP contribution < -0.4 is 10.1 Å². The summed E-state index contributed by atoms with van der Waals surface area (Å²) in [5, 5.41) is 14.1. The van der Waals surface area contributed by atoms with Crippen molar-refractivity contribution in [2.24, 2.45) is 0 Å². The molecular formula is C22H19N3O. The number of para-hydroxylation sites is 1. The fraction of sp³-hybridized carbons (Fsp3) is 0.0909. The summed E-state index contributed by atoms with van der Waals surface area (Å²) in [6.45, 7) is 2.11. The number of ether oxygens (including phenoxy) is 1. The van der Waals surface area contributed by atoms with Crippen LogP contribution in [0.5, 0.6) is 11.6 Å². The van der Waals surface area contributed by atoms with Crippen LogP contribution in [0.3, 0.4) is 0 Å². The fourth-order valence-electron chi connectivity index (χ4n) is 2.89. The molecule has 0 bridgehead atoms. The zero-order valence-electron chi connectivity index (χ0n) is 14.5. The molecule has 0 saturated carbocycles. The van der Waals surface area contributed by atoms with E-state index >= 15 is 0 Å². The highest BCUT2D eigenvalue weighted by molar-refractivity contribution is 5.94. The highest BCUT2D eigenvalue weighted by atomic mass is 16.5. The molecule has 0 fully saturated rings. The van der Waals surface area contributed by atoms with Crippen LogP contribution in [0, 0.1) is 0 Å². The third-order valence-electron chi connectivity index (χ3n) is 4.26. The molecule has 0 radical (unpaired) electrons. The van der Waals surface area contributed by atoms with E-state index in [9.17, 15) is 0 Å². The quantitative estimate of drug-likeness (QED) is 0.513. The summed E-state index contributed by atoms with van der Waals surface area (Å²) in [5.74, 6) is 1.99. The average Bonchev–Trinajstić information content (AvgIpc) is 2.71. The molecule has 0 saturated heterocycles. The molecule has 0 aliphatic rings. The molecule has 1 atom stereocenters. The Hall–Kier alpha value is -3.40. The van der Waals surface area contributed by atoms with E-state index in [-0.39, 0.29) is 6.04 Å². The first kappa shape index (κ1) is 16.1. The summed E-state index contributed by atoms with van der Waals surface area (Å²) in [5.41, 5.74) is 1.20. The molecule has 1 heterocycles. The molecule has 1 unspecified atom stereocenters. The lowest BCUT2D eigenvalue weighted by molar-refractivity contribution is 0.462. The number of hydrogen-bond acceptors (Lipinski definition) is 4. The molecule has 4 heteroatoms. The van der Waals surface area contributed by atoms with Crippen LogP contribution in [0.1, 0.15) is 18.5 Å². The molecule has 4 nitrogen and oxygen atoms in total. The Morgan fingerprint density at radius 2 is 1.35 bits per heavy atom. The van der Waals surface area contributed by atoms with Gasteiger partial charge < -0.3 is 10.1 Å². The van der Waals surface area contributed by atoms with Gasteiger partial charge in [-0.25, -0.2) is 0 Å². The van der Waals surface area contributed by atoms with E-state index < -0.39 is 0 Å². The van der Waals surface area contributed by atoms with E-state index in [1.807, 2.05) is 72.8 Å². The fourth-order valence-corrected chi connectivity index (χ4v) is 2.89. The van der Waals surface area contributed by atoms with Gasteiger partial charge in [0.15, 0.2) is 5.82 Å². The first-order chi connectivity index (χ1) is 12.8. The number of anilines is 1. The molecule has 1 aromatic heterocycles. The Morgan fingerprint density at radius 1 is 0.731 bits per heavy atom. The summed E-state index contributed by atoms with van der Waals surface area (Å²) < 4.78 is 5.93. The van der Waals surface area contributed by atoms with Crippen LogP contribution in [0.4, 0.5) is 5.82 Å². The number of nitrogens with one attached hydrogen (secondary N) is 1. The predicted octanol–water partition coefficient (Wildman–Crippen LogP) is 5.60. The Kier molecular flexibility index (Phi) is 4.48. The molecule has 4 aromatic rings. The largest absolute Gasteiger partial charge is 0.437 e. The van der Waals surface area contributed by atoms with Gasteiger partial charge in [0.1, 0.15) is 5.75 Å². The standard InChI is InChI=1S/C22H19N3O/c1-16(17-10-4-2-5-11-17)23-21-19-14-8-9-15-20(19)22(25-24-21)26-18-12-6-3-7-13-18/h2-16H,1H3,(H,23,24). The van der Waals surface area contributed by atoms with Gasteiger partial charge in [0.2, 0.25) is 5.88 Å². The molecule has 26 heavy (non-hydrogen) atoms. The van der Waals surface area contributed by atoms with Crippen molar-refractivity contribution >= 4 is 16.6 Å². The summed E-state index contributed by atoms with van der Waals surface area (Å²) in [4.78, 5) is 0. The first-order valence-electron chi connectivity index (χ1n) is 8.61. The van der Waals surface area contributed by atoms with E-state index in [0.717, 1.165) is 22.3 Å². The van der Waals surface area contributed by atoms with Crippen molar-refractivity contribution < 1.29 is 4.74 Å². The second-order valence-electron chi connectivity index (χ2n) is 6.09. The van der Waals surface area contributed by atoms with Crippen LogP contribution in [0.25, 0.3) is 10.8 Å². The zero-order valence-corrected chi connectivity index (χ0v) is 14.5. The van der Waals surface area contributed by atoms with Crippen LogP contribution in [0.15, 0.2) is 84.9 Å². The van der Waals surface area contributed by atoms with Crippen molar-refractivity contribution in [3.05, 3.63) is 90.5 Å². The molecule has 0 spiro atoms. The number of aromatic nitrogens is 2. The van der Waals surface area contributed by atoms with Crippen LogP contribution in [-0.4, -0.2) is 10.2 Å². The molecule has 128 valence electrons. The zero-order chi connectivity index (χ0) is 17.8. The Balaban J connectivity index is 1.68. The Morgan fingerprint density at radius 3 is 2.08 bits per heavy atom. The third kappa shape index (κ3) is 3.35. The minimum Gasteiger partial charge on any atom is -0.437 e. The van der Waals surface area contributed by atoms with Gasteiger partial charge in [-0.05, 0) is 30.7 Å². The van der Waals surface area contributed by atoms with Gasteiger partial charge in [-0.15, -0.1) is 10.2 Å². The molecule has 0 aliphatic carbocycles. The Bertz CT molecular complexity index is 1000. The molecule has 1 N–H and O–H groups in total. The van der Waals surface area contributed by atoms with Crippen molar-refractivity contribution in [2.45, 2.75) is 13.0 Å². The summed E-state index contributed by atoms with van der Waals surface area (Å²) >= 11 is 0. The predicted molar refractivity (Wildman–Crippen MR) is 105 cm³/mol. The average molecular weight is 341 g/mol. The second-order valence-corrected chi connectivity index (χ2v) is 6.09. The smallest absolute Gasteiger partial charge is 0.246 e. The van der Waals surface area contributed by atoms with Crippen LogP contribution in [-0.2, 0) is 0 Å². The van der Waals surface area contributed by atoms with E-state index in [4.69, 9.17) is 4.74 Å². The highest BCUT2D eigenvalue weighted by Gasteiger charge is 2.13. The van der Waals surface area contributed by atoms with E-state index in [2.05, 4.69) is 34.6 Å². The number of fused-ring (bicyclic) bond motifs is 1. The van der Waals surface area contributed by atoms with Crippen molar-refractivity contribution in [1.82, 2.24) is 10.2 Å². The van der Waals surface area contributed by atoms with Gasteiger partial charge >= 0.3 is 0 Å². The molecule has 3 aromatic carbocycles. The van der Waals surface area contributed by atoms with E-state index in [1.165, 1.54) is 5.56 Å². The van der Waals surface area contributed by atoms with E-state index in [0.29, 0.717) is 5.88 Å².